The van der Waals surface area contributed by atoms with Gasteiger partial charge in [0.25, 0.3) is 5.56 Å². The first kappa shape index (κ1) is 26.6. The highest BCUT2D eigenvalue weighted by Crippen LogP contribution is 2.32. The Labute approximate surface area is 227 Å². The third-order valence-electron chi connectivity index (χ3n) is 7.48. The topological polar surface area (TPSA) is 123 Å². The largest absolute Gasteiger partial charge is 0.447 e. The maximum atomic E-state index is 13.4. The number of nitrogens with one attached hydrogen (secondary N) is 1. The first-order valence-corrected chi connectivity index (χ1v) is 13.6. The van der Waals surface area contributed by atoms with E-state index in [1.54, 1.807) is 28.8 Å². The number of rotatable bonds is 6. The van der Waals surface area contributed by atoms with Crippen LogP contribution in [0.1, 0.15) is 68.4 Å². The van der Waals surface area contributed by atoms with Gasteiger partial charge in [-0.05, 0) is 58.2 Å². The van der Waals surface area contributed by atoms with Gasteiger partial charge in [-0.3, -0.25) is 14.2 Å². The second kappa shape index (κ2) is 11.0. The summed E-state index contributed by atoms with van der Waals surface area (Å²) in [7, 11) is 0. The van der Waals surface area contributed by atoms with Crippen LogP contribution >= 0.6 is 0 Å². The van der Waals surface area contributed by atoms with Crippen LogP contribution in [-0.2, 0) is 4.74 Å². The summed E-state index contributed by atoms with van der Waals surface area (Å²) in [6.45, 7) is 9.46. The molecular weight excluding hydrogens is 498 g/mol. The van der Waals surface area contributed by atoms with Gasteiger partial charge in [-0.25, -0.2) is 14.8 Å². The highest BCUT2D eigenvalue weighted by atomic mass is 16.6. The Kier molecular flexibility index (Phi) is 7.49. The Balaban J connectivity index is 1.35. The number of hydrogen-bond donors (Lipinski definition) is 1. The number of Topliss-reactive ketones (excluding diaryl/α,β-unsaturated/α-hetero) is 1. The molecule has 0 unspecified atom stereocenters. The molecule has 1 aliphatic heterocycles. The highest BCUT2D eigenvalue weighted by molar-refractivity contribution is 5.99. The summed E-state index contributed by atoms with van der Waals surface area (Å²) in [5.74, 6) is 0.666. The number of carbonyl (C=O) groups excluding carboxylic acids is 2. The number of fused-ring (bicyclic) bond motifs is 1. The lowest BCUT2D eigenvalue weighted by atomic mass is 10.0. The minimum atomic E-state index is -0.274. The predicted molar refractivity (Wildman–Crippen MR) is 149 cm³/mol. The van der Waals surface area contributed by atoms with E-state index in [0.717, 1.165) is 31.4 Å². The van der Waals surface area contributed by atoms with Crippen LogP contribution < -0.4 is 15.8 Å². The van der Waals surface area contributed by atoms with Crippen molar-refractivity contribution in [1.29, 1.82) is 0 Å². The number of ether oxygens (including phenoxy) is 1. The van der Waals surface area contributed by atoms with E-state index in [9.17, 15) is 14.4 Å². The quantitative estimate of drug-likeness (QED) is 0.464. The standard InChI is InChI=1S/C28H35N7O4/c1-17(2)39-28(38)34-13-11-33(12-14-34)21-9-10-23(29-15-21)31-27-30-16-22-18(3)24(19(4)36)26(37)35(25(22)32-27)20-7-5-6-8-20/h9-10,15-17,20H,5-8,11-14H2,1-4H3,(H,29,30,31,32). The molecule has 0 spiro atoms. The average molecular weight is 534 g/mol. The third-order valence-corrected chi connectivity index (χ3v) is 7.48. The molecule has 2 aliphatic rings. The number of aromatic nitrogens is 4. The van der Waals surface area contributed by atoms with E-state index >= 15 is 0 Å². The fourth-order valence-electron chi connectivity index (χ4n) is 5.49. The van der Waals surface area contributed by atoms with Crippen molar-refractivity contribution in [3.63, 3.8) is 0 Å². The minimum Gasteiger partial charge on any atom is -0.447 e. The van der Waals surface area contributed by atoms with E-state index in [-0.39, 0.29) is 35.1 Å². The molecule has 4 heterocycles. The molecule has 206 valence electrons. The third kappa shape index (κ3) is 5.43. The Bertz CT molecular complexity index is 1440. The number of pyridine rings is 2. The summed E-state index contributed by atoms with van der Waals surface area (Å²) in [6.07, 6.45) is 6.92. The van der Waals surface area contributed by atoms with Crippen LogP contribution in [0.25, 0.3) is 11.0 Å². The normalized spacial score (nSPS) is 16.2. The van der Waals surface area contributed by atoms with Crippen LogP contribution in [0.2, 0.25) is 0 Å². The molecule has 3 aromatic rings. The molecule has 11 nitrogen and oxygen atoms in total. The minimum absolute atomic E-state index is 0.0200. The van der Waals surface area contributed by atoms with Crippen LogP contribution in [-0.4, -0.2) is 68.6 Å². The zero-order chi connectivity index (χ0) is 27.7. The van der Waals surface area contributed by atoms with Crippen molar-refractivity contribution in [2.45, 2.75) is 65.5 Å². The molecule has 0 aromatic carbocycles. The molecule has 11 heteroatoms. The van der Waals surface area contributed by atoms with Gasteiger partial charge in [0.15, 0.2) is 5.78 Å². The van der Waals surface area contributed by atoms with Gasteiger partial charge in [-0.1, -0.05) is 12.8 Å². The van der Waals surface area contributed by atoms with Crippen molar-refractivity contribution >= 4 is 40.4 Å². The van der Waals surface area contributed by atoms with E-state index in [1.807, 2.05) is 26.0 Å². The van der Waals surface area contributed by atoms with E-state index < -0.39 is 0 Å². The van der Waals surface area contributed by atoms with Crippen molar-refractivity contribution < 1.29 is 14.3 Å². The highest BCUT2D eigenvalue weighted by Gasteiger charge is 2.26. The Morgan fingerprint density at radius 3 is 2.38 bits per heavy atom. The van der Waals surface area contributed by atoms with Gasteiger partial charge in [0.1, 0.15) is 11.5 Å². The lowest BCUT2D eigenvalue weighted by Crippen LogP contribution is -2.49. The molecule has 1 saturated carbocycles. The number of hydrogen-bond acceptors (Lipinski definition) is 9. The van der Waals surface area contributed by atoms with Crippen molar-refractivity contribution in [1.82, 2.24) is 24.4 Å². The molecule has 1 amide bonds. The molecule has 5 rings (SSSR count). The lowest BCUT2D eigenvalue weighted by Gasteiger charge is -2.35. The van der Waals surface area contributed by atoms with Crippen molar-refractivity contribution in [3.05, 3.63) is 46.0 Å². The van der Waals surface area contributed by atoms with Gasteiger partial charge in [-0.2, -0.15) is 4.98 Å². The van der Waals surface area contributed by atoms with Crippen LogP contribution in [0.15, 0.2) is 29.3 Å². The zero-order valence-electron chi connectivity index (χ0n) is 22.9. The van der Waals surface area contributed by atoms with Gasteiger partial charge < -0.3 is 19.9 Å². The molecular formula is C28H35N7O4. The van der Waals surface area contributed by atoms with Gasteiger partial charge >= 0.3 is 6.09 Å². The maximum Gasteiger partial charge on any atom is 0.410 e. The molecule has 0 radical (unpaired) electrons. The number of nitrogens with zero attached hydrogens (tertiary/aromatic N) is 6. The van der Waals surface area contributed by atoms with Crippen molar-refractivity contribution in [3.8, 4) is 0 Å². The van der Waals surface area contributed by atoms with Gasteiger partial charge in [0, 0.05) is 43.8 Å². The first-order valence-electron chi connectivity index (χ1n) is 13.6. The van der Waals surface area contributed by atoms with Crippen molar-refractivity contribution in [2.75, 3.05) is 36.4 Å². The molecule has 2 fully saturated rings. The molecule has 1 aliphatic carbocycles. The molecule has 0 bridgehead atoms. The maximum absolute atomic E-state index is 13.4. The fraction of sp³-hybridized carbons (Fsp3) is 0.500. The van der Waals surface area contributed by atoms with Crippen molar-refractivity contribution in [2.24, 2.45) is 0 Å². The summed E-state index contributed by atoms with van der Waals surface area (Å²) in [5, 5.41) is 3.86. The Hall–Kier alpha value is -4.02. The van der Waals surface area contributed by atoms with Crippen LogP contribution in [0, 0.1) is 6.92 Å². The monoisotopic (exact) mass is 533 g/mol. The Morgan fingerprint density at radius 1 is 1.05 bits per heavy atom. The van der Waals surface area contributed by atoms with E-state index in [1.165, 1.54) is 6.92 Å². The summed E-state index contributed by atoms with van der Waals surface area (Å²) < 4.78 is 7.00. The molecule has 3 aromatic heterocycles. The second-order valence-corrected chi connectivity index (χ2v) is 10.5. The lowest BCUT2D eigenvalue weighted by molar-refractivity contribution is 0.0751. The van der Waals surface area contributed by atoms with Crippen LogP contribution in [0.4, 0.5) is 22.2 Å². The zero-order valence-corrected chi connectivity index (χ0v) is 22.9. The molecule has 1 N–H and O–H groups in total. The summed E-state index contributed by atoms with van der Waals surface area (Å²) >= 11 is 0. The van der Waals surface area contributed by atoms with Gasteiger partial charge in [0.05, 0.1) is 23.6 Å². The molecule has 39 heavy (non-hydrogen) atoms. The number of carbonyl (C=O) groups is 2. The molecule has 0 atom stereocenters. The number of aryl methyl sites for hydroxylation is 1. The van der Waals surface area contributed by atoms with Gasteiger partial charge in [0.2, 0.25) is 5.95 Å². The predicted octanol–water partition coefficient (Wildman–Crippen LogP) is 4.22. The number of anilines is 3. The van der Waals surface area contributed by atoms with E-state index in [0.29, 0.717) is 54.5 Å². The van der Waals surface area contributed by atoms with Crippen LogP contribution in [0.3, 0.4) is 0 Å². The van der Waals surface area contributed by atoms with Gasteiger partial charge in [-0.15, -0.1) is 0 Å². The summed E-state index contributed by atoms with van der Waals surface area (Å²) in [5.41, 5.74) is 2.05. The second-order valence-electron chi connectivity index (χ2n) is 10.5. The van der Waals surface area contributed by atoms with E-state index in [4.69, 9.17) is 9.72 Å². The van der Waals surface area contributed by atoms with Crippen LogP contribution in [0.5, 0.6) is 0 Å². The SMILES string of the molecule is CC(=O)c1c(C)c2cnc(Nc3ccc(N4CCN(C(=O)OC(C)C)CC4)cn3)nc2n(C2CCCC2)c1=O. The summed E-state index contributed by atoms with van der Waals surface area (Å²) in [4.78, 5) is 55.5. The number of amides is 1. The van der Waals surface area contributed by atoms with E-state index in [2.05, 4.69) is 20.2 Å². The Morgan fingerprint density at radius 2 is 1.77 bits per heavy atom. The smallest absolute Gasteiger partial charge is 0.410 e. The summed E-state index contributed by atoms with van der Waals surface area (Å²) in [6, 6.07) is 3.85. The fourth-order valence-corrected chi connectivity index (χ4v) is 5.49. The number of piperazine rings is 1. The number of ketones is 1. The average Bonchev–Trinajstić information content (AvgIpc) is 3.43. The first-order chi connectivity index (χ1) is 18.7. The molecule has 1 saturated heterocycles.